The minimum Gasteiger partial charge on any atom is -0.323 e. The first-order valence-corrected chi connectivity index (χ1v) is 8.25. The van der Waals surface area contributed by atoms with Crippen LogP contribution in [0.3, 0.4) is 0 Å². The van der Waals surface area contributed by atoms with Crippen molar-refractivity contribution >= 4 is 10.8 Å². The van der Waals surface area contributed by atoms with E-state index < -0.39 is 10.8 Å². The summed E-state index contributed by atoms with van der Waals surface area (Å²) in [6.07, 6.45) is 3.08. The maximum atomic E-state index is 12.4. The van der Waals surface area contributed by atoms with E-state index in [2.05, 4.69) is 32.0 Å². The molecule has 2 rings (SSSR count). The molecule has 0 bridgehead atoms. The molecule has 0 heterocycles. The van der Waals surface area contributed by atoms with Crippen LogP contribution in [-0.2, 0) is 10.8 Å². The Bertz CT molecular complexity index is 432. The fourth-order valence-electron chi connectivity index (χ4n) is 2.79. The first-order chi connectivity index (χ1) is 8.65. The van der Waals surface area contributed by atoms with Crippen LogP contribution in [0.15, 0.2) is 24.3 Å². The second-order valence-electron chi connectivity index (χ2n) is 5.27. The Labute approximate surface area is 112 Å². The highest BCUT2D eigenvalue weighted by Crippen LogP contribution is 2.38. The summed E-state index contributed by atoms with van der Waals surface area (Å²) in [5.41, 5.74) is 8.87. The number of fused-ring (bicyclic) bond motifs is 1. The molecule has 2 nitrogen and oxygen atoms in total. The van der Waals surface area contributed by atoms with Crippen molar-refractivity contribution in [2.45, 2.75) is 50.3 Å². The predicted molar refractivity (Wildman–Crippen MR) is 78.1 cm³/mol. The molecule has 18 heavy (non-hydrogen) atoms. The lowest BCUT2D eigenvalue weighted by molar-refractivity contribution is 0.512. The van der Waals surface area contributed by atoms with E-state index in [-0.39, 0.29) is 11.3 Å². The Hall–Kier alpha value is -0.670. The Morgan fingerprint density at radius 1 is 1.33 bits per heavy atom. The first kappa shape index (κ1) is 13.8. The molecule has 3 heteroatoms. The maximum Gasteiger partial charge on any atom is 0.0546 e. The molecule has 0 amide bonds. The summed E-state index contributed by atoms with van der Waals surface area (Å²) >= 11 is 0. The van der Waals surface area contributed by atoms with Gasteiger partial charge in [-0.15, -0.1) is 0 Å². The average Bonchev–Trinajstić information content (AvgIpc) is 2.40. The average molecular weight is 265 g/mol. The van der Waals surface area contributed by atoms with Crippen LogP contribution < -0.4 is 5.73 Å². The van der Waals surface area contributed by atoms with Crippen molar-refractivity contribution in [3.8, 4) is 0 Å². The van der Waals surface area contributed by atoms with Gasteiger partial charge in [-0.3, -0.25) is 4.21 Å². The molecule has 0 saturated carbocycles. The van der Waals surface area contributed by atoms with Crippen molar-refractivity contribution in [3.63, 3.8) is 0 Å². The first-order valence-electron chi connectivity index (χ1n) is 6.86. The van der Waals surface area contributed by atoms with Gasteiger partial charge in [0.25, 0.3) is 0 Å². The SMILES string of the molecule is CCCCS(=O)C1CC(C)c2ccccc2C1N. The molecule has 0 aliphatic heterocycles. The number of benzene rings is 1. The molecule has 4 unspecified atom stereocenters. The summed E-state index contributed by atoms with van der Waals surface area (Å²) in [5.74, 6) is 1.26. The Morgan fingerprint density at radius 2 is 2.00 bits per heavy atom. The number of hydrogen-bond donors (Lipinski definition) is 1. The molecule has 1 aliphatic carbocycles. The second kappa shape index (κ2) is 5.98. The van der Waals surface area contributed by atoms with Gasteiger partial charge in [-0.2, -0.15) is 0 Å². The van der Waals surface area contributed by atoms with Gasteiger partial charge in [0.2, 0.25) is 0 Å². The van der Waals surface area contributed by atoms with Gasteiger partial charge in [-0.25, -0.2) is 0 Å². The topological polar surface area (TPSA) is 43.1 Å². The van der Waals surface area contributed by atoms with Crippen LogP contribution in [0.4, 0.5) is 0 Å². The van der Waals surface area contributed by atoms with Crippen molar-refractivity contribution in [2.75, 3.05) is 5.75 Å². The van der Waals surface area contributed by atoms with Crippen molar-refractivity contribution < 1.29 is 4.21 Å². The monoisotopic (exact) mass is 265 g/mol. The third-order valence-electron chi connectivity index (χ3n) is 3.91. The molecule has 0 saturated heterocycles. The van der Waals surface area contributed by atoms with E-state index in [9.17, 15) is 4.21 Å². The molecule has 1 aromatic carbocycles. The van der Waals surface area contributed by atoms with Gasteiger partial charge in [0, 0.05) is 22.6 Å². The summed E-state index contributed by atoms with van der Waals surface area (Å²) in [6, 6.07) is 8.29. The lowest BCUT2D eigenvalue weighted by Gasteiger charge is -2.34. The molecule has 1 aliphatic rings. The number of hydrogen-bond acceptors (Lipinski definition) is 2. The quantitative estimate of drug-likeness (QED) is 0.909. The van der Waals surface area contributed by atoms with Gasteiger partial charge in [0.05, 0.1) is 5.25 Å². The molecule has 0 aromatic heterocycles. The third-order valence-corrected chi connectivity index (χ3v) is 5.76. The van der Waals surface area contributed by atoms with E-state index in [1.165, 1.54) is 11.1 Å². The van der Waals surface area contributed by atoms with Crippen molar-refractivity contribution in [3.05, 3.63) is 35.4 Å². The van der Waals surface area contributed by atoms with Crippen LogP contribution in [0.5, 0.6) is 0 Å². The Balaban J connectivity index is 2.20. The lowest BCUT2D eigenvalue weighted by atomic mass is 9.81. The van der Waals surface area contributed by atoms with Gasteiger partial charge in [-0.05, 0) is 29.9 Å². The molecule has 0 fully saturated rings. The Kier molecular flexibility index (Phi) is 4.57. The van der Waals surface area contributed by atoms with E-state index in [4.69, 9.17) is 5.73 Å². The van der Waals surface area contributed by atoms with E-state index in [1.54, 1.807) is 0 Å². The predicted octanol–water partition coefficient (Wildman–Crippen LogP) is 3.11. The smallest absolute Gasteiger partial charge is 0.0546 e. The maximum absolute atomic E-state index is 12.4. The second-order valence-corrected chi connectivity index (χ2v) is 7.04. The molecule has 100 valence electrons. The van der Waals surface area contributed by atoms with Gasteiger partial charge in [-0.1, -0.05) is 44.5 Å². The highest BCUT2D eigenvalue weighted by Gasteiger charge is 2.33. The van der Waals surface area contributed by atoms with Crippen LogP contribution >= 0.6 is 0 Å². The minimum absolute atomic E-state index is 0.0601. The van der Waals surface area contributed by atoms with E-state index in [0.29, 0.717) is 5.92 Å². The van der Waals surface area contributed by atoms with Crippen molar-refractivity contribution in [2.24, 2.45) is 5.73 Å². The largest absolute Gasteiger partial charge is 0.323 e. The van der Waals surface area contributed by atoms with Gasteiger partial charge in [0.1, 0.15) is 0 Å². The van der Waals surface area contributed by atoms with E-state index >= 15 is 0 Å². The van der Waals surface area contributed by atoms with Gasteiger partial charge < -0.3 is 5.73 Å². The highest BCUT2D eigenvalue weighted by atomic mass is 32.2. The third kappa shape index (κ3) is 2.67. The van der Waals surface area contributed by atoms with E-state index in [1.807, 2.05) is 6.07 Å². The molecular weight excluding hydrogens is 242 g/mol. The van der Waals surface area contributed by atoms with Crippen LogP contribution in [0, 0.1) is 0 Å². The summed E-state index contributed by atoms with van der Waals surface area (Å²) in [4.78, 5) is 0. The summed E-state index contributed by atoms with van der Waals surface area (Å²) in [6.45, 7) is 4.35. The molecule has 2 N–H and O–H groups in total. The summed E-state index contributed by atoms with van der Waals surface area (Å²) in [7, 11) is -0.789. The summed E-state index contributed by atoms with van der Waals surface area (Å²) in [5, 5.41) is 0.126. The fraction of sp³-hybridized carbons (Fsp3) is 0.600. The molecular formula is C15H23NOS. The fourth-order valence-corrected chi connectivity index (χ4v) is 4.65. The van der Waals surface area contributed by atoms with Crippen LogP contribution in [0.1, 0.15) is 56.2 Å². The van der Waals surface area contributed by atoms with Gasteiger partial charge in [0.15, 0.2) is 0 Å². The molecule has 0 radical (unpaired) electrons. The van der Waals surface area contributed by atoms with Crippen LogP contribution in [-0.4, -0.2) is 15.2 Å². The zero-order chi connectivity index (χ0) is 13.1. The zero-order valence-corrected chi connectivity index (χ0v) is 12.1. The van der Waals surface area contributed by atoms with Crippen LogP contribution in [0.25, 0.3) is 0 Å². The molecule has 0 spiro atoms. The highest BCUT2D eigenvalue weighted by molar-refractivity contribution is 7.85. The van der Waals surface area contributed by atoms with Crippen molar-refractivity contribution in [1.29, 1.82) is 0 Å². The number of unbranched alkanes of at least 4 members (excludes halogenated alkanes) is 1. The number of nitrogens with two attached hydrogens (primary N) is 1. The number of rotatable bonds is 4. The zero-order valence-electron chi connectivity index (χ0n) is 11.3. The standard InChI is InChI=1S/C15H23NOS/c1-3-4-9-18(17)14-10-11(2)12-7-5-6-8-13(12)15(14)16/h5-8,11,14-15H,3-4,9-10,16H2,1-2H3. The summed E-state index contributed by atoms with van der Waals surface area (Å²) < 4.78 is 12.4. The normalized spacial score (nSPS) is 28.7. The van der Waals surface area contributed by atoms with E-state index in [0.717, 1.165) is 25.0 Å². The van der Waals surface area contributed by atoms with Crippen molar-refractivity contribution in [1.82, 2.24) is 0 Å². The lowest BCUT2D eigenvalue weighted by Crippen LogP contribution is -2.36. The molecule has 1 aromatic rings. The van der Waals surface area contributed by atoms with Gasteiger partial charge >= 0.3 is 0 Å². The Morgan fingerprint density at radius 3 is 2.67 bits per heavy atom. The minimum atomic E-state index is -0.789. The van der Waals surface area contributed by atoms with Crippen LogP contribution in [0.2, 0.25) is 0 Å². The molecule has 4 atom stereocenters.